The quantitative estimate of drug-likeness (QED) is 0.518. The summed E-state index contributed by atoms with van der Waals surface area (Å²) in [5.41, 5.74) is 2.47. The summed E-state index contributed by atoms with van der Waals surface area (Å²) in [6.45, 7) is 4.32. The van der Waals surface area contributed by atoms with Crippen molar-refractivity contribution < 1.29 is 0 Å². The minimum absolute atomic E-state index is 0.434. The first-order valence-corrected chi connectivity index (χ1v) is 8.50. The lowest BCUT2D eigenvalue weighted by Gasteiger charge is -2.17. The fourth-order valence-corrected chi connectivity index (χ4v) is 2.80. The molecule has 1 aromatic carbocycles. The summed E-state index contributed by atoms with van der Waals surface area (Å²) >= 11 is 6.22. The average molecular weight is 296 g/mol. The van der Waals surface area contributed by atoms with Crippen LogP contribution >= 0.6 is 11.6 Å². The highest BCUT2D eigenvalue weighted by Crippen LogP contribution is 2.25. The van der Waals surface area contributed by atoms with Crippen LogP contribution in [0.1, 0.15) is 75.5 Å². The van der Waals surface area contributed by atoms with E-state index in [-0.39, 0.29) is 0 Å². The molecule has 0 aliphatic heterocycles. The third-order valence-corrected chi connectivity index (χ3v) is 4.45. The highest BCUT2D eigenvalue weighted by Gasteiger charge is 2.09. The predicted molar refractivity (Wildman–Crippen MR) is 90.6 cm³/mol. The Morgan fingerprint density at radius 2 is 1.70 bits per heavy atom. The van der Waals surface area contributed by atoms with Crippen molar-refractivity contribution in [1.29, 1.82) is 0 Å². The van der Waals surface area contributed by atoms with Crippen molar-refractivity contribution in [3.8, 4) is 0 Å². The van der Waals surface area contributed by atoms with Gasteiger partial charge >= 0.3 is 0 Å². The van der Waals surface area contributed by atoms with Gasteiger partial charge in [0, 0.05) is 11.1 Å². The third-order valence-electron chi connectivity index (χ3n) is 4.04. The standard InChI is InChI=1S/C18H30ClN/c1-4-5-6-7-8-9-10-11-18(20-3)16-13-12-15(2)17(19)14-16/h12-14,18,20H,4-11H2,1-3H3. The van der Waals surface area contributed by atoms with Crippen molar-refractivity contribution in [2.45, 2.75) is 71.3 Å². The summed E-state index contributed by atoms with van der Waals surface area (Å²) in [6, 6.07) is 6.86. The van der Waals surface area contributed by atoms with Crippen molar-refractivity contribution in [3.05, 3.63) is 34.3 Å². The lowest BCUT2D eigenvalue weighted by Crippen LogP contribution is -2.16. The van der Waals surface area contributed by atoms with Crippen LogP contribution in [0.5, 0.6) is 0 Å². The predicted octanol–water partition coefficient (Wildman–Crippen LogP) is 6.05. The Labute approximate surface area is 130 Å². The van der Waals surface area contributed by atoms with E-state index in [4.69, 9.17) is 11.6 Å². The third kappa shape index (κ3) is 6.28. The summed E-state index contributed by atoms with van der Waals surface area (Å²) in [5, 5.41) is 4.29. The van der Waals surface area contributed by atoms with Crippen LogP contribution in [-0.2, 0) is 0 Å². The molecule has 1 nitrogen and oxygen atoms in total. The van der Waals surface area contributed by atoms with Crippen molar-refractivity contribution >= 4 is 11.6 Å². The topological polar surface area (TPSA) is 12.0 Å². The first-order chi connectivity index (χ1) is 9.69. The van der Waals surface area contributed by atoms with Gasteiger partial charge in [-0.15, -0.1) is 0 Å². The van der Waals surface area contributed by atoms with Gasteiger partial charge < -0.3 is 5.32 Å². The lowest BCUT2D eigenvalue weighted by molar-refractivity contribution is 0.496. The zero-order valence-electron chi connectivity index (χ0n) is 13.3. The number of hydrogen-bond donors (Lipinski definition) is 1. The maximum atomic E-state index is 6.22. The zero-order valence-corrected chi connectivity index (χ0v) is 14.1. The maximum Gasteiger partial charge on any atom is 0.0438 e. The largest absolute Gasteiger partial charge is 0.313 e. The van der Waals surface area contributed by atoms with E-state index in [2.05, 4.69) is 37.4 Å². The van der Waals surface area contributed by atoms with Gasteiger partial charge in [-0.2, -0.15) is 0 Å². The molecule has 0 spiro atoms. The molecular formula is C18H30ClN. The molecule has 1 unspecified atom stereocenters. The van der Waals surface area contributed by atoms with Gasteiger partial charge in [-0.05, 0) is 37.6 Å². The maximum absolute atomic E-state index is 6.22. The fourth-order valence-electron chi connectivity index (χ4n) is 2.61. The molecule has 0 bridgehead atoms. The van der Waals surface area contributed by atoms with E-state index in [1.54, 1.807) is 0 Å². The van der Waals surface area contributed by atoms with E-state index in [0.29, 0.717) is 6.04 Å². The van der Waals surface area contributed by atoms with Crippen molar-refractivity contribution in [3.63, 3.8) is 0 Å². The van der Waals surface area contributed by atoms with Crippen LogP contribution in [0.2, 0.25) is 5.02 Å². The molecule has 0 heterocycles. The van der Waals surface area contributed by atoms with Gasteiger partial charge in [-0.1, -0.05) is 75.6 Å². The Bertz CT molecular complexity index is 376. The van der Waals surface area contributed by atoms with Gasteiger partial charge in [-0.3, -0.25) is 0 Å². The summed E-state index contributed by atoms with van der Waals surface area (Å²) < 4.78 is 0. The SMILES string of the molecule is CCCCCCCCCC(NC)c1ccc(C)c(Cl)c1. The first kappa shape index (κ1) is 17.5. The van der Waals surface area contributed by atoms with E-state index in [9.17, 15) is 0 Å². The molecule has 0 amide bonds. The van der Waals surface area contributed by atoms with Crippen LogP contribution in [0.4, 0.5) is 0 Å². The molecule has 20 heavy (non-hydrogen) atoms. The molecule has 0 aliphatic carbocycles. The zero-order chi connectivity index (χ0) is 14.8. The monoisotopic (exact) mass is 295 g/mol. The molecule has 0 aromatic heterocycles. The Morgan fingerprint density at radius 3 is 2.30 bits per heavy atom. The van der Waals surface area contributed by atoms with Crippen molar-refractivity contribution in [2.24, 2.45) is 0 Å². The Kier molecular flexibility index (Phi) is 8.97. The number of unbranched alkanes of at least 4 members (excludes halogenated alkanes) is 6. The summed E-state index contributed by atoms with van der Waals surface area (Å²) in [5.74, 6) is 0. The summed E-state index contributed by atoms with van der Waals surface area (Å²) in [4.78, 5) is 0. The van der Waals surface area contributed by atoms with Crippen LogP contribution in [0.15, 0.2) is 18.2 Å². The second-order valence-electron chi connectivity index (χ2n) is 5.76. The molecular weight excluding hydrogens is 266 g/mol. The number of benzene rings is 1. The number of hydrogen-bond acceptors (Lipinski definition) is 1. The Morgan fingerprint density at radius 1 is 1.05 bits per heavy atom. The van der Waals surface area contributed by atoms with E-state index in [1.807, 2.05) is 7.05 Å². The molecule has 1 N–H and O–H groups in total. The Hall–Kier alpha value is -0.530. The van der Waals surface area contributed by atoms with E-state index < -0.39 is 0 Å². The van der Waals surface area contributed by atoms with E-state index >= 15 is 0 Å². The van der Waals surface area contributed by atoms with Crippen LogP contribution in [0, 0.1) is 6.92 Å². The lowest BCUT2D eigenvalue weighted by atomic mass is 9.99. The normalized spacial score (nSPS) is 12.6. The van der Waals surface area contributed by atoms with Gasteiger partial charge in [0.05, 0.1) is 0 Å². The van der Waals surface area contributed by atoms with E-state index in [1.165, 1.54) is 56.9 Å². The van der Waals surface area contributed by atoms with Gasteiger partial charge in [-0.25, -0.2) is 0 Å². The first-order valence-electron chi connectivity index (χ1n) is 8.12. The molecule has 0 fully saturated rings. The fraction of sp³-hybridized carbons (Fsp3) is 0.667. The number of rotatable bonds is 10. The number of halogens is 1. The minimum atomic E-state index is 0.434. The Balaban J connectivity index is 2.30. The number of aryl methyl sites for hydroxylation is 1. The second kappa shape index (κ2) is 10.2. The van der Waals surface area contributed by atoms with Crippen molar-refractivity contribution in [2.75, 3.05) is 7.05 Å². The minimum Gasteiger partial charge on any atom is -0.313 e. The van der Waals surface area contributed by atoms with Crippen LogP contribution in [-0.4, -0.2) is 7.05 Å². The molecule has 2 heteroatoms. The molecule has 0 saturated carbocycles. The average Bonchev–Trinajstić information content (AvgIpc) is 2.45. The van der Waals surface area contributed by atoms with Gasteiger partial charge in [0.2, 0.25) is 0 Å². The van der Waals surface area contributed by atoms with Crippen LogP contribution in [0.25, 0.3) is 0 Å². The number of nitrogens with one attached hydrogen (secondary N) is 1. The molecule has 0 aliphatic rings. The van der Waals surface area contributed by atoms with Gasteiger partial charge in [0.1, 0.15) is 0 Å². The molecule has 1 aromatic rings. The molecule has 0 radical (unpaired) electrons. The van der Waals surface area contributed by atoms with Crippen LogP contribution in [0.3, 0.4) is 0 Å². The summed E-state index contributed by atoms with van der Waals surface area (Å²) in [7, 11) is 2.04. The molecule has 1 atom stereocenters. The van der Waals surface area contributed by atoms with Gasteiger partial charge in [0.25, 0.3) is 0 Å². The van der Waals surface area contributed by atoms with Crippen molar-refractivity contribution in [1.82, 2.24) is 5.32 Å². The van der Waals surface area contributed by atoms with Gasteiger partial charge in [0.15, 0.2) is 0 Å². The summed E-state index contributed by atoms with van der Waals surface area (Å²) in [6.07, 6.45) is 10.7. The smallest absolute Gasteiger partial charge is 0.0438 e. The molecule has 1 rings (SSSR count). The second-order valence-corrected chi connectivity index (χ2v) is 6.17. The molecule has 114 valence electrons. The highest BCUT2D eigenvalue weighted by atomic mass is 35.5. The highest BCUT2D eigenvalue weighted by molar-refractivity contribution is 6.31. The van der Waals surface area contributed by atoms with Crippen LogP contribution < -0.4 is 5.32 Å². The van der Waals surface area contributed by atoms with E-state index in [0.717, 1.165) is 10.6 Å². The molecule has 0 saturated heterocycles.